The van der Waals surface area contributed by atoms with E-state index < -0.39 is 6.10 Å². The van der Waals surface area contributed by atoms with Crippen LogP contribution >= 0.6 is 0 Å². The second-order valence-corrected chi connectivity index (χ2v) is 5.38. The summed E-state index contributed by atoms with van der Waals surface area (Å²) >= 11 is 0. The van der Waals surface area contributed by atoms with Crippen LogP contribution in [0, 0.1) is 0 Å². The van der Waals surface area contributed by atoms with Gasteiger partial charge in [-0.3, -0.25) is 9.69 Å². The molecule has 2 rings (SSSR count). The molecule has 116 valence electrons. The number of carbonyl (C=O) groups excluding carboxylic acids is 1. The fourth-order valence-electron chi connectivity index (χ4n) is 2.47. The molecule has 0 N–H and O–H groups in total. The van der Waals surface area contributed by atoms with Crippen molar-refractivity contribution >= 4 is 5.78 Å². The van der Waals surface area contributed by atoms with Crippen molar-refractivity contribution in [2.24, 2.45) is 0 Å². The Bertz CT molecular complexity index is 501. The number of ketones is 1. The van der Waals surface area contributed by atoms with Gasteiger partial charge in [-0.2, -0.15) is 0 Å². The number of morpholine rings is 1. The Hall–Kier alpha value is -1.59. The monoisotopic (exact) mass is 293 g/mol. The van der Waals surface area contributed by atoms with E-state index >= 15 is 0 Å². The zero-order valence-corrected chi connectivity index (χ0v) is 13.1. The standard InChI is InChI=1S/C16H23NO4/c1-11(2)17-7-8-21-15(10-17)16(18)12-5-6-13(19-3)14(9-12)20-4/h5-6,9,11,15H,7-8,10H2,1-4H3. The number of nitrogens with zero attached hydrogens (tertiary/aromatic N) is 1. The molecule has 1 atom stereocenters. The lowest BCUT2D eigenvalue weighted by Crippen LogP contribution is -2.48. The molecule has 0 aromatic heterocycles. The van der Waals surface area contributed by atoms with Gasteiger partial charge in [0.25, 0.3) is 0 Å². The van der Waals surface area contributed by atoms with Crippen LogP contribution in [-0.2, 0) is 4.74 Å². The second kappa shape index (κ2) is 6.91. The minimum Gasteiger partial charge on any atom is -0.493 e. The molecular weight excluding hydrogens is 270 g/mol. The maximum atomic E-state index is 12.6. The molecule has 1 aliphatic rings. The van der Waals surface area contributed by atoms with Gasteiger partial charge < -0.3 is 14.2 Å². The lowest BCUT2D eigenvalue weighted by atomic mass is 10.0. The van der Waals surface area contributed by atoms with Gasteiger partial charge in [0.05, 0.1) is 20.8 Å². The Morgan fingerprint density at radius 3 is 2.62 bits per heavy atom. The van der Waals surface area contributed by atoms with Crippen molar-refractivity contribution in [2.75, 3.05) is 33.9 Å². The molecule has 21 heavy (non-hydrogen) atoms. The van der Waals surface area contributed by atoms with Crippen LogP contribution in [0.1, 0.15) is 24.2 Å². The Balaban J connectivity index is 2.16. The summed E-state index contributed by atoms with van der Waals surface area (Å²) in [6.45, 7) is 6.34. The minimum atomic E-state index is -0.417. The third kappa shape index (κ3) is 3.54. The summed E-state index contributed by atoms with van der Waals surface area (Å²) in [5.74, 6) is 1.16. The Morgan fingerprint density at radius 2 is 2.00 bits per heavy atom. The number of methoxy groups -OCH3 is 2. The highest BCUT2D eigenvalue weighted by Gasteiger charge is 2.29. The zero-order chi connectivity index (χ0) is 15.4. The van der Waals surface area contributed by atoms with E-state index in [0.717, 1.165) is 6.54 Å². The maximum Gasteiger partial charge on any atom is 0.193 e. The third-order valence-corrected chi connectivity index (χ3v) is 3.79. The highest BCUT2D eigenvalue weighted by molar-refractivity contribution is 6.00. The molecule has 1 heterocycles. The molecule has 5 heteroatoms. The van der Waals surface area contributed by atoms with Crippen LogP contribution in [0.3, 0.4) is 0 Å². The van der Waals surface area contributed by atoms with E-state index in [4.69, 9.17) is 14.2 Å². The predicted octanol–water partition coefficient (Wildman–Crippen LogP) is 2.00. The summed E-state index contributed by atoms with van der Waals surface area (Å²) in [5.41, 5.74) is 0.586. The molecule has 1 fully saturated rings. The van der Waals surface area contributed by atoms with E-state index in [0.29, 0.717) is 36.3 Å². The summed E-state index contributed by atoms with van der Waals surface area (Å²) < 4.78 is 16.1. The molecule has 0 radical (unpaired) electrons. The highest BCUT2D eigenvalue weighted by Crippen LogP contribution is 2.28. The van der Waals surface area contributed by atoms with Crippen molar-refractivity contribution in [3.8, 4) is 11.5 Å². The third-order valence-electron chi connectivity index (χ3n) is 3.79. The van der Waals surface area contributed by atoms with E-state index in [1.807, 2.05) is 0 Å². The first kappa shape index (κ1) is 15.8. The normalized spacial score (nSPS) is 19.6. The van der Waals surface area contributed by atoms with Crippen LogP contribution in [-0.4, -0.2) is 56.7 Å². The first-order valence-electron chi connectivity index (χ1n) is 7.18. The van der Waals surface area contributed by atoms with Crippen LogP contribution in [0.4, 0.5) is 0 Å². The quantitative estimate of drug-likeness (QED) is 0.777. The number of hydrogen-bond donors (Lipinski definition) is 0. The van der Waals surface area contributed by atoms with E-state index in [1.165, 1.54) is 0 Å². The summed E-state index contributed by atoms with van der Waals surface area (Å²) in [6.07, 6.45) is -0.417. The minimum absolute atomic E-state index is 0.0127. The van der Waals surface area contributed by atoms with Crippen LogP contribution in [0.2, 0.25) is 0 Å². The molecule has 0 spiro atoms. The van der Waals surface area contributed by atoms with Gasteiger partial charge in [0, 0.05) is 24.7 Å². The number of rotatable bonds is 5. The van der Waals surface area contributed by atoms with E-state index in [-0.39, 0.29) is 5.78 Å². The number of ether oxygens (including phenoxy) is 3. The molecule has 1 saturated heterocycles. The van der Waals surface area contributed by atoms with Gasteiger partial charge in [-0.25, -0.2) is 0 Å². The summed E-state index contributed by atoms with van der Waals surface area (Å²) in [5, 5.41) is 0. The molecule has 1 aromatic carbocycles. The molecule has 1 aliphatic heterocycles. The van der Waals surface area contributed by atoms with E-state index in [2.05, 4.69) is 18.7 Å². The smallest absolute Gasteiger partial charge is 0.193 e. The molecule has 0 aliphatic carbocycles. The topological polar surface area (TPSA) is 48.0 Å². The lowest BCUT2D eigenvalue weighted by Gasteiger charge is -2.34. The summed E-state index contributed by atoms with van der Waals surface area (Å²) in [4.78, 5) is 14.8. The van der Waals surface area contributed by atoms with Gasteiger partial charge in [-0.1, -0.05) is 0 Å². The Kier molecular flexibility index (Phi) is 5.20. The second-order valence-electron chi connectivity index (χ2n) is 5.38. The fraction of sp³-hybridized carbons (Fsp3) is 0.562. The molecule has 0 bridgehead atoms. The van der Waals surface area contributed by atoms with Crippen molar-refractivity contribution in [3.05, 3.63) is 23.8 Å². The highest BCUT2D eigenvalue weighted by atomic mass is 16.5. The zero-order valence-electron chi connectivity index (χ0n) is 13.1. The average molecular weight is 293 g/mol. The molecule has 5 nitrogen and oxygen atoms in total. The first-order valence-corrected chi connectivity index (χ1v) is 7.18. The molecule has 0 saturated carbocycles. The number of hydrogen-bond acceptors (Lipinski definition) is 5. The lowest BCUT2D eigenvalue weighted by molar-refractivity contribution is -0.0256. The van der Waals surface area contributed by atoms with Crippen LogP contribution in [0.15, 0.2) is 18.2 Å². The Morgan fingerprint density at radius 1 is 1.29 bits per heavy atom. The molecule has 1 aromatic rings. The van der Waals surface area contributed by atoms with Gasteiger partial charge in [0.1, 0.15) is 6.10 Å². The first-order chi connectivity index (χ1) is 10.1. The van der Waals surface area contributed by atoms with Crippen molar-refractivity contribution in [1.29, 1.82) is 0 Å². The van der Waals surface area contributed by atoms with Gasteiger partial charge in [-0.15, -0.1) is 0 Å². The SMILES string of the molecule is COc1ccc(C(=O)C2CN(C(C)C)CCO2)cc1OC. The van der Waals surface area contributed by atoms with Crippen molar-refractivity contribution < 1.29 is 19.0 Å². The number of carbonyl (C=O) groups is 1. The van der Waals surface area contributed by atoms with E-state index in [1.54, 1.807) is 32.4 Å². The predicted molar refractivity (Wildman–Crippen MR) is 80.3 cm³/mol. The fourth-order valence-corrected chi connectivity index (χ4v) is 2.47. The number of benzene rings is 1. The van der Waals surface area contributed by atoms with Gasteiger partial charge in [0.15, 0.2) is 17.3 Å². The van der Waals surface area contributed by atoms with Crippen molar-refractivity contribution in [1.82, 2.24) is 4.90 Å². The summed E-state index contributed by atoms with van der Waals surface area (Å²) in [7, 11) is 3.13. The van der Waals surface area contributed by atoms with Gasteiger partial charge >= 0.3 is 0 Å². The van der Waals surface area contributed by atoms with Crippen molar-refractivity contribution in [2.45, 2.75) is 26.0 Å². The molecular formula is C16H23NO4. The van der Waals surface area contributed by atoms with Crippen LogP contribution < -0.4 is 9.47 Å². The van der Waals surface area contributed by atoms with Crippen LogP contribution in [0.5, 0.6) is 11.5 Å². The molecule has 1 unspecified atom stereocenters. The van der Waals surface area contributed by atoms with Crippen molar-refractivity contribution in [3.63, 3.8) is 0 Å². The largest absolute Gasteiger partial charge is 0.493 e. The average Bonchev–Trinajstić information content (AvgIpc) is 2.53. The molecule has 0 amide bonds. The van der Waals surface area contributed by atoms with Gasteiger partial charge in [-0.05, 0) is 32.0 Å². The summed E-state index contributed by atoms with van der Waals surface area (Å²) in [6, 6.07) is 5.62. The van der Waals surface area contributed by atoms with Gasteiger partial charge in [0.2, 0.25) is 0 Å². The van der Waals surface area contributed by atoms with Crippen LogP contribution in [0.25, 0.3) is 0 Å². The number of Topliss-reactive ketones (excluding diaryl/α,β-unsaturated/α-hetero) is 1. The maximum absolute atomic E-state index is 12.6. The van der Waals surface area contributed by atoms with E-state index in [9.17, 15) is 4.79 Å². The Labute approximate surface area is 125 Å².